The number of nitrogens with one attached hydrogen (secondary N) is 2. The van der Waals surface area contributed by atoms with Gasteiger partial charge >= 0.3 is 0 Å². The zero-order chi connectivity index (χ0) is 7.40. The van der Waals surface area contributed by atoms with Crippen molar-refractivity contribution in [1.29, 1.82) is 0 Å². The second kappa shape index (κ2) is 3.60. The van der Waals surface area contributed by atoms with E-state index in [1.165, 1.54) is 0 Å². The summed E-state index contributed by atoms with van der Waals surface area (Å²) in [5.41, 5.74) is 0. The molecule has 1 saturated heterocycles. The second-order valence-electron chi connectivity index (χ2n) is 2.65. The van der Waals surface area contributed by atoms with Gasteiger partial charge in [0.15, 0.2) is 0 Å². The molecule has 56 valence electrons. The van der Waals surface area contributed by atoms with Crippen molar-refractivity contribution in [2.45, 2.75) is 25.4 Å². The molecule has 0 spiro atoms. The molecule has 0 radical (unpaired) electrons. The molecule has 1 unspecified atom stereocenters. The van der Waals surface area contributed by atoms with Crippen LogP contribution in [0.1, 0.15) is 13.3 Å². The van der Waals surface area contributed by atoms with Crippen molar-refractivity contribution in [3.63, 3.8) is 0 Å². The predicted molar refractivity (Wildman–Crippen MR) is 42.7 cm³/mol. The zero-order valence-corrected chi connectivity index (χ0v) is 6.35. The van der Waals surface area contributed by atoms with Crippen molar-refractivity contribution in [1.82, 2.24) is 10.6 Å². The lowest BCUT2D eigenvalue weighted by atomic mass is 10.1. The largest absolute Gasteiger partial charge is 0.314 e. The van der Waals surface area contributed by atoms with Gasteiger partial charge in [0.1, 0.15) is 0 Å². The monoisotopic (exact) mass is 138 g/mol. The first-order chi connectivity index (χ1) is 4.86. The molecule has 1 atom stereocenters. The molecule has 1 aliphatic heterocycles. The summed E-state index contributed by atoms with van der Waals surface area (Å²) in [7, 11) is 0. The molecule has 0 saturated carbocycles. The minimum absolute atomic E-state index is 0.270. The van der Waals surface area contributed by atoms with Crippen LogP contribution in [-0.2, 0) is 0 Å². The van der Waals surface area contributed by atoms with E-state index < -0.39 is 0 Å². The number of hydrogen-bond acceptors (Lipinski definition) is 2. The minimum atomic E-state index is 0.270. The Balaban J connectivity index is 2.15. The highest BCUT2D eigenvalue weighted by Gasteiger charge is 2.17. The molecule has 0 bridgehead atoms. The molecule has 10 heavy (non-hydrogen) atoms. The van der Waals surface area contributed by atoms with Crippen molar-refractivity contribution in [3.8, 4) is 12.3 Å². The van der Waals surface area contributed by atoms with Crippen molar-refractivity contribution >= 4 is 0 Å². The Morgan fingerprint density at radius 1 is 1.80 bits per heavy atom. The first-order valence-corrected chi connectivity index (χ1v) is 3.79. The molecule has 0 aromatic heterocycles. The number of terminal acetylenes is 1. The van der Waals surface area contributed by atoms with E-state index in [9.17, 15) is 0 Å². The van der Waals surface area contributed by atoms with Crippen molar-refractivity contribution < 1.29 is 0 Å². The molecule has 2 nitrogen and oxygen atoms in total. The summed E-state index contributed by atoms with van der Waals surface area (Å²) < 4.78 is 0. The standard InChI is InChI=1S/C8H14N2/c1-3-7(4-2)10-8-5-9-6-8/h1,7-10H,4-6H2,2H3. The smallest absolute Gasteiger partial charge is 0.0687 e. The fourth-order valence-corrected chi connectivity index (χ4v) is 0.975. The fraction of sp³-hybridized carbons (Fsp3) is 0.750. The summed E-state index contributed by atoms with van der Waals surface area (Å²) in [5.74, 6) is 2.71. The Hall–Kier alpha value is -0.520. The predicted octanol–water partition coefficient (Wildman–Crippen LogP) is -0.0404. The van der Waals surface area contributed by atoms with Crippen LogP contribution in [0.25, 0.3) is 0 Å². The van der Waals surface area contributed by atoms with Crippen LogP contribution in [0.15, 0.2) is 0 Å². The van der Waals surface area contributed by atoms with E-state index in [1.807, 2.05) is 0 Å². The molecule has 1 aliphatic rings. The first-order valence-electron chi connectivity index (χ1n) is 3.79. The highest BCUT2D eigenvalue weighted by molar-refractivity contribution is 5.00. The third-order valence-corrected chi connectivity index (χ3v) is 1.83. The maximum absolute atomic E-state index is 5.28. The lowest BCUT2D eigenvalue weighted by Crippen LogP contribution is -2.57. The normalized spacial score (nSPS) is 21.2. The van der Waals surface area contributed by atoms with E-state index in [-0.39, 0.29) is 6.04 Å². The molecule has 2 N–H and O–H groups in total. The maximum atomic E-state index is 5.28. The molecule has 1 rings (SSSR count). The average Bonchev–Trinajstić information content (AvgIpc) is 1.87. The van der Waals surface area contributed by atoms with Crippen molar-refractivity contribution in [2.75, 3.05) is 13.1 Å². The summed E-state index contributed by atoms with van der Waals surface area (Å²) in [6.45, 7) is 4.24. The van der Waals surface area contributed by atoms with Gasteiger partial charge in [0.05, 0.1) is 6.04 Å². The molecule has 0 amide bonds. The molecule has 1 fully saturated rings. The zero-order valence-electron chi connectivity index (χ0n) is 6.35. The van der Waals surface area contributed by atoms with E-state index >= 15 is 0 Å². The molecular formula is C8H14N2. The Morgan fingerprint density at radius 2 is 2.50 bits per heavy atom. The second-order valence-corrected chi connectivity index (χ2v) is 2.65. The van der Waals surface area contributed by atoms with Gasteiger partial charge in [-0.25, -0.2) is 0 Å². The van der Waals surface area contributed by atoms with Crippen LogP contribution >= 0.6 is 0 Å². The molecular weight excluding hydrogens is 124 g/mol. The lowest BCUT2D eigenvalue weighted by molar-refractivity contribution is 0.347. The highest BCUT2D eigenvalue weighted by atomic mass is 15.1. The topological polar surface area (TPSA) is 24.1 Å². The van der Waals surface area contributed by atoms with Gasteiger partial charge < -0.3 is 5.32 Å². The van der Waals surface area contributed by atoms with Crippen LogP contribution in [0.5, 0.6) is 0 Å². The van der Waals surface area contributed by atoms with Crippen LogP contribution in [0, 0.1) is 12.3 Å². The van der Waals surface area contributed by atoms with E-state index in [0.29, 0.717) is 6.04 Å². The summed E-state index contributed by atoms with van der Waals surface area (Å²) in [4.78, 5) is 0. The molecule has 2 heteroatoms. The lowest BCUT2D eigenvalue weighted by Gasteiger charge is -2.30. The Morgan fingerprint density at radius 3 is 2.80 bits per heavy atom. The fourth-order valence-electron chi connectivity index (χ4n) is 0.975. The average molecular weight is 138 g/mol. The number of rotatable bonds is 3. The molecule has 0 aromatic rings. The summed E-state index contributed by atoms with van der Waals surface area (Å²) in [5, 5.41) is 6.54. The van der Waals surface area contributed by atoms with Gasteiger partial charge in [-0.05, 0) is 6.42 Å². The van der Waals surface area contributed by atoms with Crippen LogP contribution in [0.4, 0.5) is 0 Å². The quantitative estimate of drug-likeness (QED) is 0.535. The van der Waals surface area contributed by atoms with E-state index in [0.717, 1.165) is 19.5 Å². The number of hydrogen-bond donors (Lipinski definition) is 2. The van der Waals surface area contributed by atoms with Gasteiger partial charge in [0.2, 0.25) is 0 Å². The van der Waals surface area contributed by atoms with E-state index in [1.54, 1.807) is 0 Å². The summed E-state index contributed by atoms with van der Waals surface area (Å²) >= 11 is 0. The van der Waals surface area contributed by atoms with Crippen molar-refractivity contribution in [2.24, 2.45) is 0 Å². The van der Waals surface area contributed by atoms with Crippen LogP contribution in [0.2, 0.25) is 0 Å². The van der Waals surface area contributed by atoms with E-state index in [2.05, 4.69) is 23.5 Å². The maximum Gasteiger partial charge on any atom is 0.0687 e. The summed E-state index contributed by atoms with van der Waals surface area (Å²) in [6.07, 6.45) is 6.30. The molecule has 1 heterocycles. The van der Waals surface area contributed by atoms with Crippen LogP contribution in [0.3, 0.4) is 0 Å². The SMILES string of the molecule is C#CC(CC)NC1CNC1. The Kier molecular flexibility index (Phi) is 2.73. The third-order valence-electron chi connectivity index (χ3n) is 1.83. The summed E-state index contributed by atoms with van der Waals surface area (Å²) in [6, 6.07) is 0.882. The van der Waals surface area contributed by atoms with Gasteiger partial charge in [0.25, 0.3) is 0 Å². The highest BCUT2D eigenvalue weighted by Crippen LogP contribution is 1.95. The van der Waals surface area contributed by atoms with Crippen LogP contribution in [-0.4, -0.2) is 25.2 Å². The minimum Gasteiger partial charge on any atom is -0.314 e. The first kappa shape index (κ1) is 7.59. The van der Waals surface area contributed by atoms with Gasteiger partial charge in [-0.3, -0.25) is 5.32 Å². The van der Waals surface area contributed by atoms with Gasteiger partial charge in [0, 0.05) is 19.1 Å². The van der Waals surface area contributed by atoms with Gasteiger partial charge in [-0.2, -0.15) is 0 Å². The Bertz CT molecular complexity index is 133. The van der Waals surface area contributed by atoms with Crippen molar-refractivity contribution in [3.05, 3.63) is 0 Å². The third kappa shape index (κ3) is 1.73. The van der Waals surface area contributed by atoms with Gasteiger partial charge in [-0.1, -0.05) is 12.8 Å². The van der Waals surface area contributed by atoms with E-state index in [4.69, 9.17) is 6.42 Å². The molecule has 0 aliphatic carbocycles. The Labute approximate surface area is 62.4 Å². The van der Waals surface area contributed by atoms with Gasteiger partial charge in [-0.15, -0.1) is 6.42 Å². The molecule has 0 aromatic carbocycles. The van der Waals surface area contributed by atoms with Crippen LogP contribution < -0.4 is 10.6 Å².